The van der Waals surface area contributed by atoms with Crippen LogP contribution in [0.15, 0.2) is 48.5 Å². The van der Waals surface area contributed by atoms with Crippen molar-refractivity contribution in [3.05, 3.63) is 71.3 Å². The lowest BCUT2D eigenvalue weighted by Crippen LogP contribution is -2.36. The average molecular weight is 449 g/mol. The number of nitrogens with one attached hydrogen (secondary N) is 1. The van der Waals surface area contributed by atoms with Crippen molar-refractivity contribution in [2.45, 2.75) is 12.7 Å². The number of hydrogen-bond acceptors (Lipinski definition) is 5. The normalized spacial score (nSPS) is 14.4. The zero-order chi connectivity index (χ0) is 22.7. The Morgan fingerprint density at radius 1 is 1.06 bits per heavy atom. The molecule has 0 spiro atoms. The number of aromatic nitrogens is 3. The van der Waals surface area contributed by atoms with E-state index in [1.807, 2.05) is 12.1 Å². The molecule has 2 heterocycles. The van der Waals surface area contributed by atoms with Crippen LogP contribution < -0.4 is 10.2 Å². The van der Waals surface area contributed by atoms with Crippen LogP contribution in [0.4, 0.5) is 23.2 Å². The van der Waals surface area contributed by atoms with Gasteiger partial charge in [0.05, 0.1) is 18.9 Å². The van der Waals surface area contributed by atoms with E-state index in [0.717, 1.165) is 30.9 Å². The van der Waals surface area contributed by atoms with Gasteiger partial charge in [-0.1, -0.05) is 23.4 Å². The lowest BCUT2D eigenvalue weighted by atomic mass is 10.2. The van der Waals surface area contributed by atoms with Gasteiger partial charge in [-0.2, -0.15) is 13.2 Å². The van der Waals surface area contributed by atoms with Crippen LogP contribution in [0.3, 0.4) is 0 Å². The monoisotopic (exact) mass is 449 g/mol. The van der Waals surface area contributed by atoms with Gasteiger partial charge in [0.2, 0.25) is 0 Å². The molecule has 1 saturated heterocycles. The molecule has 4 rings (SSSR count). The first kappa shape index (κ1) is 21.8. The van der Waals surface area contributed by atoms with Crippen LogP contribution in [0.25, 0.3) is 5.69 Å². The smallest absolute Gasteiger partial charge is 0.378 e. The molecule has 3 aromatic rings. The summed E-state index contributed by atoms with van der Waals surface area (Å²) in [7, 11) is 0. The molecule has 0 atom stereocenters. The number of ether oxygens (including phenoxy) is 1. The molecule has 2 aromatic carbocycles. The van der Waals surface area contributed by atoms with Crippen molar-refractivity contribution < 1.29 is 27.1 Å². The molecule has 11 heteroatoms. The number of hydrogen-bond donors (Lipinski definition) is 1. The Bertz CT molecular complexity index is 1090. The van der Waals surface area contributed by atoms with Gasteiger partial charge in [-0.15, -0.1) is 5.10 Å². The molecule has 0 saturated carbocycles. The van der Waals surface area contributed by atoms with E-state index in [1.54, 1.807) is 12.1 Å². The maximum Gasteiger partial charge on any atom is 0.435 e. The van der Waals surface area contributed by atoms with Gasteiger partial charge in [0.25, 0.3) is 5.91 Å². The molecule has 1 aliphatic heterocycles. The molecule has 1 fully saturated rings. The summed E-state index contributed by atoms with van der Waals surface area (Å²) in [6.07, 6.45) is -4.93. The Kier molecular flexibility index (Phi) is 6.08. The molecule has 1 amide bonds. The molecule has 0 unspecified atom stereocenters. The second-order valence-electron chi connectivity index (χ2n) is 7.12. The molecule has 1 N–H and O–H groups in total. The zero-order valence-electron chi connectivity index (χ0n) is 16.8. The van der Waals surface area contributed by atoms with Crippen LogP contribution in [-0.4, -0.2) is 47.2 Å². The van der Waals surface area contributed by atoms with Gasteiger partial charge in [-0.3, -0.25) is 4.79 Å². The predicted octanol–water partition coefficient (Wildman–Crippen LogP) is 3.19. The number of benzene rings is 2. The summed E-state index contributed by atoms with van der Waals surface area (Å²) < 4.78 is 60.3. The fraction of sp³-hybridized carbons (Fsp3) is 0.286. The fourth-order valence-corrected chi connectivity index (χ4v) is 3.39. The van der Waals surface area contributed by atoms with Gasteiger partial charge in [0.1, 0.15) is 5.82 Å². The average Bonchev–Trinajstić information content (AvgIpc) is 3.25. The van der Waals surface area contributed by atoms with Gasteiger partial charge in [-0.05, 0) is 35.9 Å². The van der Waals surface area contributed by atoms with Crippen molar-refractivity contribution in [2.24, 2.45) is 0 Å². The highest BCUT2D eigenvalue weighted by Gasteiger charge is 2.42. The number of anilines is 1. The third kappa shape index (κ3) is 4.72. The van der Waals surface area contributed by atoms with E-state index < -0.39 is 29.3 Å². The van der Waals surface area contributed by atoms with Crippen molar-refractivity contribution in [2.75, 3.05) is 31.2 Å². The van der Waals surface area contributed by atoms with Gasteiger partial charge in [0.15, 0.2) is 11.4 Å². The SMILES string of the molecule is O=C(NCc1ccc(N2CCOCC2)cc1)c1nnn(-c2cccc(F)c2)c1C(F)(F)F. The molecule has 7 nitrogen and oxygen atoms in total. The second-order valence-corrected chi connectivity index (χ2v) is 7.12. The van der Waals surface area contributed by atoms with Gasteiger partial charge < -0.3 is 15.0 Å². The molecule has 1 aliphatic rings. The third-order valence-electron chi connectivity index (χ3n) is 4.97. The van der Waals surface area contributed by atoms with E-state index in [1.165, 1.54) is 12.1 Å². The highest BCUT2D eigenvalue weighted by molar-refractivity contribution is 5.93. The highest BCUT2D eigenvalue weighted by atomic mass is 19.4. The van der Waals surface area contributed by atoms with E-state index in [9.17, 15) is 22.4 Å². The summed E-state index contributed by atoms with van der Waals surface area (Å²) in [5.41, 5.74) is -0.736. The van der Waals surface area contributed by atoms with Crippen molar-refractivity contribution in [1.29, 1.82) is 0 Å². The van der Waals surface area contributed by atoms with Gasteiger partial charge in [-0.25, -0.2) is 9.07 Å². The summed E-state index contributed by atoms with van der Waals surface area (Å²) in [6, 6.07) is 11.8. The first-order chi connectivity index (χ1) is 15.3. The summed E-state index contributed by atoms with van der Waals surface area (Å²) >= 11 is 0. The molecule has 0 radical (unpaired) electrons. The van der Waals surface area contributed by atoms with E-state index in [-0.39, 0.29) is 12.2 Å². The number of amides is 1. The Hall–Kier alpha value is -3.47. The minimum atomic E-state index is -4.93. The number of carbonyl (C=O) groups excluding carboxylic acids is 1. The van der Waals surface area contributed by atoms with Crippen LogP contribution in [0.1, 0.15) is 21.7 Å². The summed E-state index contributed by atoms with van der Waals surface area (Å²) in [5, 5.41) is 9.29. The number of rotatable bonds is 5. The van der Waals surface area contributed by atoms with Gasteiger partial charge >= 0.3 is 6.18 Å². The Morgan fingerprint density at radius 2 is 1.78 bits per heavy atom. The zero-order valence-corrected chi connectivity index (χ0v) is 16.8. The van der Waals surface area contributed by atoms with E-state index >= 15 is 0 Å². The van der Waals surface area contributed by atoms with Crippen molar-refractivity contribution >= 4 is 11.6 Å². The van der Waals surface area contributed by atoms with E-state index in [4.69, 9.17) is 4.74 Å². The van der Waals surface area contributed by atoms with Crippen LogP contribution in [-0.2, 0) is 17.5 Å². The summed E-state index contributed by atoms with van der Waals surface area (Å²) in [5.74, 6) is -1.77. The largest absolute Gasteiger partial charge is 0.435 e. The van der Waals surface area contributed by atoms with Crippen molar-refractivity contribution in [3.8, 4) is 5.69 Å². The predicted molar refractivity (Wildman–Crippen MR) is 107 cm³/mol. The maximum absolute atomic E-state index is 13.7. The maximum atomic E-state index is 13.7. The minimum Gasteiger partial charge on any atom is -0.378 e. The van der Waals surface area contributed by atoms with Crippen molar-refractivity contribution in [3.63, 3.8) is 0 Å². The van der Waals surface area contributed by atoms with E-state index in [0.29, 0.717) is 23.5 Å². The van der Waals surface area contributed by atoms with Crippen LogP contribution >= 0.6 is 0 Å². The topological polar surface area (TPSA) is 72.3 Å². The number of morpholine rings is 1. The molecule has 1 aromatic heterocycles. The van der Waals surface area contributed by atoms with Crippen LogP contribution in [0.2, 0.25) is 0 Å². The Morgan fingerprint density at radius 3 is 2.44 bits per heavy atom. The van der Waals surface area contributed by atoms with Crippen LogP contribution in [0.5, 0.6) is 0 Å². The quantitative estimate of drug-likeness (QED) is 0.606. The fourth-order valence-electron chi connectivity index (χ4n) is 3.39. The standard InChI is InChI=1S/C21H19F4N5O2/c22-15-2-1-3-17(12-15)30-19(21(23,24)25)18(27-28-30)20(31)26-13-14-4-6-16(7-5-14)29-8-10-32-11-9-29/h1-7,12H,8-11,13H2,(H,26,31). The van der Waals surface area contributed by atoms with Gasteiger partial charge in [0, 0.05) is 25.3 Å². The molecule has 0 aliphatic carbocycles. The minimum absolute atomic E-state index is 0.00630. The van der Waals surface area contributed by atoms with Crippen LogP contribution in [0, 0.1) is 5.82 Å². The third-order valence-corrected chi connectivity index (χ3v) is 4.97. The first-order valence-electron chi connectivity index (χ1n) is 9.81. The number of nitrogens with zero attached hydrogens (tertiary/aromatic N) is 4. The Labute approximate surface area is 180 Å². The molecular formula is C21H19F4N5O2. The Balaban J connectivity index is 1.50. The summed E-state index contributed by atoms with van der Waals surface area (Å²) in [6.45, 7) is 2.85. The lowest BCUT2D eigenvalue weighted by molar-refractivity contribution is -0.143. The van der Waals surface area contributed by atoms with E-state index in [2.05, 4.69) is 20.5 Å². The highest BCUT2D eigenvalue weighted by Crippen LogP contribution is 2.32. The number of carbonyl (C=O) groups is 1. The number of halogens is 4. The number of alkyl halides is 3. The molecule has 0 bridgehead atoms. The molecule has 32 heavy (non-hydrogen) atoms. The summed E-state index contributed by atoms with van der Waals surface area (Å²) in [4.78, 5) is 14.6. The second kappa shape index (κ2) is 8.95. The van der Waals surface area contributed by atoms with Crippen molar-refractivity contribution in [1.82, 2.24) is 20.3 Å². The first-order valence-corrected chi connectivity index (χ1v) is 9.81. The molecule has 168 valence electrons. The lowest BCUT2D eigenvalue weighted by Gasteiger charge is -2.28. The molecular weight excluding hydrogens is 430 g/mol.